The first kappa shape index (κ1) is 18.9. The molecular formula is C23H27N3O. The Balaban J connectivity index is 1.76. The number of nitrogens with zero attached hydrogens (tertiary/aromatic N) is 2. The van der Waals surface area contributed by atoms with Crippen molar-refractivity contribution in [1.82, 2.24) is 9.99 Å². The number of hydrazone groups is 1. The molecule has 27 heavy (non-hydrogen) atoms. The Morgan fingerprint density at radius 2 is 1.93 bits per heavy atom. The minimum atomic E-state index is -0.104. The summed E-state index contributed by atoms with van der Waals surface area (Å²) in [6.07, 6.45) is 3.17. The van der Waals surface area contributed by atoms with Crippen LogP contribution in [0.4, 0.5) is 0 Å². The van der Waals surface area contributed by atoms with E-state index in [1.54, 1.807) is 6.21 Å². The van der Waals surface area contributed by atoms with Crippen molar-refractivity contribution in [1.29, 1.82) is 0 Å². The molecule has 0 radical (unpaired) electrons. The summed E-state index contributed by atoms with van der Waals surface area (Å²) in [4.78, 5) is 12.3. The predicted octanol–water partition coefficient (Wildman–Crippen LogP) is 4.67. The Morgan fingerprint density at radius 1 is 1.15 bits per heavy atom. The third kappa shape index (κ3) is 4.11. The molecule has 1 aromatic heterocycles. The van der Waals surface area contributed by atoms with Crippen LogP contribution >= 0.6 is 0 Å². The summed E-state index contributed by atoms with van der Waals surface area (Å²) in [5, 5.41) is 5.39. The molecule has 140 valence electrons. The van der Waals surface area contributed by atoms with Crippen molar-refractivity contribution in [3.05, 3.63) is 70.4 Å². The van der Waals surface area contributed by atoms with Crippen LogP contribution in [-0.4, -0.2) is 16.7 Å². The molecule has 4 heteroatoms. The monoisotopic (exact) mass is 361 g/mol. The van der Waals surface area contributed by atoms with E-state index in [2.05, 4.69) is 60.1 Å². The molecule has 0 atom stereocenters. The van der Waals surface area contributed by atoms with E-state index in [4.69, 9.17) is 0 Å². The number of rotatable bonds is 6. The van der Waals surface area contributed by atoms with Gasteiger partial charge in [0.15, 0.2) is 0 Å². The van der Waals surface area contributed by atoms with Gasteiger partial charge in [-0.1, -0.05) is 48.9 Å². The zero-order valence-corrected chi connectivity index (χ0v) is 16.5. The maximum absolute atomic E-state index is 12.3. The number of aromatic nitrogens is 1. The van der Waals surface area contributed by atoms with Gasteiger partial charge in [-0.3, -0.25) is 4.79 Å². The summed E-state index contributed by atoms with van der Waals surface area (Å²) in [6, 6.07) is 14.5. The first-order chi connectivity index (χ1) is 13.0. The fraction of sp³-hybridized carbons (Fsp3) is 0.304. The number of amides is 1. The van der Waals surface area contributed by atoms with Crippen LogP contribution in [0.15, 0.2) is 47.6 Å². The SMILES string of the molecule is CCCn1c(C)c(/C=N\NC(=O)Cc2ccc(C)cc2C)c2ccccc21. The van der Waals surface area contributed by atoms with E-state index in [1.165, 1.54) is 16.8 Å². The van der Waals surface area contributed by atoms with E-state index in [0.29, 0.717) is 6.42 Å². The van der Waals surface area contributed by atoms with Crippen molar-refractivity contribution in [2.24, 2.45) is 5.10 Å². The highest BCUT2D eigenvalue weighted by atomic mass is 16.2. The molecule has 0 fully saturated rings. The van der Waals surface area contributed by atoms with Crippen molar-refractivity contribution in [2.75, 3.05) is 0 Å². The van der Waals surface area contributed by atoms with Gasteiger partial charge in [0.2, 0.25) is 5.91 Å². The molecule has 0 aliphatic rings. The quantitative estimate of drug-likeness (QED) is 0.503. The van der Waals surface area contributed by atoms with Crippen LogP contribution in [0, 0.1) is 20.8 Å². The van der Waals surface area contributed by atoms with Crippen molar-refractivity contribution in [3.8, 4) is 0 Å². The van der Waals surface area contributed by atoms with Crippen molar-refractivity contribution < 1.29 is 4.79 Å². The Morgan fingerprint density at radius 3 is 2.67 bits per heavy atom. The highest BCUT2D eigenvalue weighted by Crippen LogP contribution is 2.24. The van der Waals surface area contributed by atoms with Crippen molar-refractivity contribution >= 4 is 23.0 Å². The number of benzene rings is 2. The van der Waals surface area contributed by atoms with Gasteiger partial charge < -0.3 is 4.57 Å². The molecule has 4 nitrogen and oxygen atoms in total. The molecule has 1 N–H and O–H groups in total. The lowest BCUT2D eigenvalue weighted by Gasteiger charge is -2.06. The summed E-state index contributed by atoms with van der Waals surface area (Å²) in [5.41, 5.74) is 9.48. The van der Waals surface area contributed by atoms with Gasteiger partial charge in [0, 0.05) is 28.7 Å². The standard InChI is InChI=1S/C23H27N3O/c1-5-12-26-18(4)21(20-8-6-7-9-22(20)26)15-24-25-23(27)14-19-11-10-16(2)13-17(19)3/h6-11,13,15H,5,12,14H2,1-4H3,(H,25,27)/b24-15-. The smallest absolute Gasteiger partial charge is 0.244 e. The summed E-state index contributed by atoms with van der Waals surface area (Å²) in [6.45, 7) is 9.34. The van der Waals surface area contributed by atoms with Gasteiger partial charge in [0.25, 0.3) is 0 Å². The number of carbonyl (C=O) groups excluding carboxylic acids is 1. The topological polar surface area (TPSA) is 46.4 Å². The minimum Gasteiger partial charge on any atom is -0.344 e. The average molecular weight is 361 g/mol. The first-order valence-electron chi connectivity index (χ1n) is 9.47. The number of fused-ring (bicyclic) bond motifs is 1. The zero-order valence-electron chi connectivity index (χ0n) is 16.5. The molecule has 2 aromatic carbocycles. The van der Waals surface area contributed by atoms with Gasteiger partial charge in [-0.25, -0.2) is 5.43 Å². The van der Waals surface area contributed by atoms with Gasteiger partial charge in [0.1, 0.15) is 0 Å². The fourth-order valence-electron chi connectivity index (χ4n) is 3.56. The van der Waals surface area contributed by atoms with E-state index in [-0.39, 0.29) is 5.91 Å². The second-order valence-electron chi connectivity index (χ2n) is 7.07. The van der Waals surface area contributed by atoms with Crippen LogP contribution in [0.25, 0.3) is 10.9 Å². The van der Waals surface area contributed by atoms with Gasteiger partial charge >= 0.3 is 0 Å². The normalized spacial score (nSPS) is 11.4. The van der Waals surface area contributed by atoms with E-state index < -0.39 is 0 Å². The number of nitrogens with one attached hydrogen (secondary N) is 1. The number of hydrogen-bond acceptors (Lipinski definition) is 2. The summed E-state index contributed by atoms with van der Waals surface area (Å²) < 4.78 is 2.31. The van der Waals surface area contributed by atoms with Gasteiger partial charge in [-0.05, 0) is 44.4 Å². The van der Waals surface area contributed by atoms with E-state index in [1.807, 2.05) is 25.1 Å². The third-order valence-electron chi connectivity index (χ3n) is 4.96. The first-order valence-corrected chi connectivity index (χ1v) is 9.47. The molecule has 1 heterocycles. The molecule has 0 aliphatic heterocycles. The second kappa shape index (κ2) is 8.21. The van der Waals surface area contributed by atoms with Crippen LogP contribution in [0.2, 0.25) is 0 Å². The van der Waals surface area contributed by atoms with Crippen LogP contribution in [-0.2, 0) is 17.8 Å². The average Bonchev–Trinajstić information content (AvgIpc) is 2.90. The van der Waals surface area contributed by atoms with Crippen LogP contribution in [0.3, 0.4) is 0 Å². The summed E-state index contributed by atoms with van der Waals surface area (Å²) in [5.74, 6) is -0.104. The maximum atomic E-state index is 12.3. The molecule has 0 spiro atoms. The lowest BCUT2D eigenvalue weighted by Crippen LogP contribution is -2.20. The molecule has 1 amide bonds. The maximum Gasteiger partial charge on any atom is 0.244 e. The lowest BCUT2D eigenvalue weighted by atomic mass is 10.0. The molecule has 0 aliphatic carbocycles. The number of hydrogen-bond donors (Lipinski definition) is 1. The van der Waals surface area contributed by atoms with Crippen molar-refractivity contribution in [3.63, 3.8) is 0 Å². The highest BCUT2D eigenvalue weighted by molar-refractivity contribution is 6.01. The minimum absolute atomic E-state index is 0.104. The molecule has 0 saturated carbocycles. The Bertz CT molecular complexity index is 998. The zero-order chi connectivity index (χ0) is 19.4. The molecule has 0 bridgehead atoms. The number of para-hydroxylation sites is 1. The fourth-order valence-corrected chi connectivity index (χ4v) is 3.56. The molecule has 3 rings (SSSR count). The Kier molecular flexibility index (Phi) is 5.75. The van der Waals surface area contributed by atoms with Crippen molar-refractivity contribution in [2.45, 2.75) is 47.1 Å². The largest absolute Gasteiger partial charge is 0.344 e. The van der Waals surface area contributed by atoms with E-state index in [0.717, 1.165) is 35.0 Å². The van der Waals surface area contributed by atoms with Gasteiger partial charge in [0.05, 0.1) is 12.6 Å². The van der Waals surface area contributed by atoms with E-state index >= 15 is 0 Å². The highest BCUT2D eigenvalue weighted by Gasteiger charge is 2.12. The molecule has 3 aromatic rings. The lowest BCUT2D eigenvalue weighted by molar-refractivity contribution is -0.120. The Labute approximate surface area is 160 Å². The van der Waals surface area contributed by atoms with Crippen LogP contribution in [0.1, 0.15) is 41.3 Å². The Hall–Kier alpha value is -2.88. The van der Waals surface area contributed by atoms with E-state index in [9.17, 15) is 4.79 Å². The number of carbonyl (C=O) groups is 1. The van der Waals surface area contributed by atoms with Gasteiger partial charge in [-0.15, -0.1) is 0 Å². The third-order valence-corrected chi connectivity index (χ3v) is 4.96. The molecular weight excluding hydrogens is 334 g/mol. The molecule has 0 saturated heterocycles. The van der Waals surface area contributed by atoms with Gasteiger partial charge in [-0.2, -0.15) is 5.10 Å². The number of aryl methyl sites for hydroxylation is 3. The van der Waals surface area contributed by atoms with Crippen LogP contribution in [0.5, 0.6) is 0 Å². The molecule has 0 unspecified atom stereocenters. The predicted molar refractivity (Wildman–Crippen MR) is 112 cm³/mol. The van der Waals surface area contributed by atoms with Crippen LogP contribution < -0.4 is 5.43 Å². The summed E-state index contributed by atoms with van der Waals surface area (Å²) in [7, 11) is 0. The summed E-state index contributed by atoms with van der Waals surface area (Å²) >= 11 is 0. The second-order valence-corrected chi connectivity index (χ2v) is 7.07.